The zero-order chi connectivity index (χ0) is 14.8. The van der Waals surface area contributed by atoms with Crippen molar-refractivity contribution in [3.63, 3.8) is 0 Å². The van der Waals surface area contributed by atoms with E-state index in [1.165, 1.54) is 0 Å². The highest BCUT2D eigenvalue weighted by Gasteiger charge is 2.47. The Kier molecular flexibility index (Phi) is 4.86. The predicted octanol–water partition coefficient (Wildman–Crippen LogP) is 3.85. The summed E-state index contributed by atoms with van der Waals surface area (Å²) in [5.74, 6) is 0. The van der Waals surface area contributed by atoms with Crippen LogP contribution < -0.4 is 0 Å². The van der Waals surface area contributed by atoms with Crippen molar-refractivity contribution in [2.24, 2.45) is 0 Å². The maximum absolute atomic E-state index is 11.2. The Morgan fingerprint density at radius 2 is 2.05 bits per heavy atom. The Balaban J connectivity index is 2.12. The first-order valence-electron chi connectivity index (χ1n) is 6.31. The minimum atomic E-state index is -1.16. The quantitative estimate of drug-likeness (QED) is 0.624. The fourth-order valence-corrected chi connectivity index (χ4v) is 2.73. The first-order chi connectivity index (χ1) is 9.48. The highest BCUT2D eigenvalue weighted by Crippen LogP contribution is 2.35. The van der Waals surface area contributed by atoms with Crippen molar-refractivity contribution in [2.75, 3.05) is 13.2 Å². The smallest absolute Gasteiger partial charge is 0.268 e. The van der Waals surface area contributed by atoms with Gasteiger partial charge in [0.1, 0.15) is 13.2 Å². The van der Waals surface area contributed by atoms with Gasteiger partial charge in [-0.3, -0.25) is 10.1 Å². The summed E-state index contributed by atoms with van der Waals surface area (Å²) in [5.41, 5.74) is -0.533. The highest BCUT2D eigenvalue weighted by molar-refractivity contribution is 6.35. The molecule has 0 N–H and O–H groups in total. The van der Waals surface area contributed by atoms with Gasteiger partial charge in [-0.25, -0.2) is 0 Å². The van der Waals surface area contributed by atoms with Gasteiger partial charge in [-0.1, -0.05) is 36.2 Å². The van der Waals surface area contributed by atoms with E-state index < -0.39 is 11.8 Å². The van der Waals surface area contributed by atoms with Crippen LogP contribution in [0, 0.1) is 10.1 Å². The third-order valence-electron chi connectivity index (χ3n) is 3.33. The molecule has 1 heterocycles. The van der Waals surface area contributed by atoms with E-state index >= 15 is 0 Å². The fraction of sp³-hybridized carbons (Fsp3) is 0.538. The third kappa shape index (κ3) is 3.06. The standard InChI is InChI=1S/C13H15Cl2NO4/c1-2-5-13(16(17)18)7-19-12(20-8-13)10-4-3-9(14)6-11(10)15/h3-4,6,12H,2,5,7-8H2,1H3. The molecule has 7 heteroatoms. The average molecular weight is 320 g/mol. The van der Waals surface area contributed by atoms with Crippen molar-refractivity contribution in [2.45, 2.75) is 31.6 Å². The lowest BCUT2D eigenvalue weighted by atomic mass is 9.95. The Morgan fingerprint density at radius 1 is 1.40 bits per heavy atom. The summed E-state index contributed by atoms with van der Waals surface area (Å²) >= 11 is 11.9. The number of hydrogen-bond donors (Lipinski definition) is 0. The van der Waals surface area contributed by atoms with E-state index in [9.17, 15) is 10.1 Å². The van der Waals surface area contributed by atoms with Gasteiger partial charge in [-0.05, 0) is 18.6 Å². The summed E-state index contributed by atoms with van der Waals surface area (Å²) in [5, 5.41) is 12.2. The zero-order valence-electron chi connectivity index (χ0n) is 11.0. The molecule has 5 nitrogen and oxygen atoms in total. The summed E-state index contributed by atoms with van der Waals surface area (Å²) < 4.78 is 11.0. The van der Waals surface area contributed by atoms with Crippen LogP contribution in [0.2, 0.25) is 10.0 Å². The molecule has 0 spiro atoms. The molecule has 1 aliphatic heterocycles. The molecule has 0 unspecified atom stereocenters. The molecule has 0 aliphatic carbocycles. The molecular formula is C13H15Cl2NO4. The van der Waals surface area contributed by atoms with Crippen molar-refractivity contribution in [3.05, 3.63) is 43.9 Å². The zero-order valence-corrected chi connectivity index (χ0v) is 12.5. The predicted molar refractivity (Wildman–Crippen MR) is 75.7 cm³/mol. The second kappa shape index (κ2) is 6.26. The SMILES string of the molecule is CCCC1([N+](=O)[O-])COC(c2ccc(Cl)cc2Cl)OC1. The van der Waals surface area contributed by atoms with Crippen LogP contribution in [0.1, 0.15) is 31.6 Å². The van der Waals surface area contributed by atoms with Gasteiger partial charge in [0.05, 0.1) is 5.02 Å². The first-order valence-corrected chi connectivity index (χ1v) is 7.07. The Hall–Kier alpha value is -0.880. The summed E-state index contributed by atoms with van der Waals surface area (Å²) in [4.78, 5) is 10.9. The van der Waals surface area contributed by atoms with Crippen LogP contribution in [0.5, 0.6) is 0 Å². The summed E-state index contributed by atoms with van der Waals surface area (Å²) in [7, 11) is 0. The minimum Gasteiger partial charge on any atom is -0.341 e. The number of rotatable bonds is 4. The number of hydrogen-bond acceptors (Lipinski definition) is 4. The molecule has 0 aromatic heterocycles. The van der Waals surface area contributed by atoms with Gasteiger partial charge in [0.25, 0.3) is 5.54 Å². The molecule has 0 atom stereocenters. The fourth-order valence-electron chi connectivity index (χ4n) is 2.23. The number of nitrogens with zero attached hydrogens (tertiary/aromatic N) is 1. The molecule has 2 rings (SSSR count). The maximum Gasteiger partial charge on any atom is 0.268 e. The van der Waals surface area contributed by atoms with E-state index in [-0.39, 0.29) is 18.1 Å². The van der Waals surface area contributed by atoms with E-state index in [1.54, 1.807) is 18.2 Å². The summed E-state index contributed by atoms with van der Waals surface area (Å²) in [6.45, 7) is 1.92. The molecule has 0 saturated carbocycles. The van der Waals surface area contributed by atoms with E-state index in [1.807, 2.05) is 6.92 Å². The molecule has 1 aliphatic rings. The van der Waals surface area contributed by atoms with Gasteiger partial charge in [0, 0.05) is 21.9 Å². The van der Waals surface area contributed by atoms with Crippen molar-refractivity contribution in [1.29, 1.82) is 0 Å². The molecule has 0 radical (unpaired) electrons. The van der Waals surface area contributed by atoms with Gasteiger partial charge in [-0.15, -0.1) is 0 Å². The van der Waals surface area contributed by atoms with E-state index in [0.29, 0.717) is 28.5 Å². The summed E-state index contributed by atoms with van der Waals surface area (Å²) in [6, 6.07) is 4.97. The second-order valence-electron chi connectivity index (χ2n) is 4.85. The van der Waals surface area contributed by atoms with Crippen LogP contribution in [0.4, 0.5) is 0 Å². The molecule has 110 valence electrons. The topological polar surface area (TPSA) is 61.6 Å². The van der Waals surface area contributed by atoms with E-state index in [0.717, 1.165) is 0 Å². The third-order valence-corrected chi connectivity index (χ3v) is 3.89. The van der Waals surface area contributed by atoms with Gasteiger partial charge < -0.3 is 9.47 Å². The molecule has 1 aromatic carbocycles. The number of halogens is 2. The molecular weight excluding hydrogens is 305 g/mol. The van der Waals surface area contributed by atoms with Crippen molar-refractivity contribution < 1.29 is 14.4 Å². The van der Waals surface area contributed by atoms with E-state index in [2.05, 4.69) is 0 Å². The largest absolute Gasteiger partial charge is 0.341 e. The minimum absolute atomic E-state index is 0.0114. The first kappa shape index (κ1) is 15.5. The van der Waals surface area contributed by atoms with Crippen LogP contribution in [-0.4, -0.2) is 23.7 Å². The van der Waals surface area contributed by atoms with Crippen molar-refractivity contribution in [3.8, 4) is 0 Å². The molecule has 1 fully saturated rings. The van der Waals surface area contributed by atoms with Crippen LogP contribution in [0.15, 0.2) is 18.2 Å². The van der Waals surface area contributed by atoms with Crippen LogP contribution in [0.3, 0.4) is 0 Å². The lowest BCUT2D eigenvalue weighted by Gasteiger charge is -2.33. The normalized spacial score (nSPS) is 26.4. The number of ether oxygens (including phenoxy) is 2. The molecule has 20 heavy (non-hydrogen) atoms. The second-order valence-corrected chi connectivity index (χ2v) is 5.69. The molecule has 1 aromatic rings. The lowest BCUT2D eigenvalue weighted by molar-refractivity contribution is -0.593. The number of benzene rings is 1. The van der Waals surface area contributed by atoms with Gasteiger partial charge in [0.2, 0.25) is 0 Å². The van der Waals surface area contributed by atoms with Crippen LogP contribution in [-0.2, 0) is 9.47 Å². The molecule has 1 saturated heterocycles. The average Bonchev–Trinajstić information content (AvgIpc) is 2.40. The molecule has 0 bridgehead atoms. The Bertz CT molecular complexity index is 501. The van der Waals surface area contributed by atoms with Crippen molar-refractivity contribution in [1.82, 2.24) is 0 Å². The Labute approximate surface area is 126 Å². The highest BCUT2D eigenvalue weighted by atomic mass is 35.5. The lowest BCUT2D eigenvalue weighted by Crippen LogP contribution is -2.51. The van der Waals surface area contributed by atoms with Gasteiger partial charge in [-0.2, -0.15) is 0 Å². The number of nitro groups is 1. The Morgan fingerprint density at radius 3 is 2.55 bits per heavy atom. The maximum atomic E-state index is 11.2. The van der Waals surface area contributed by atoms with Gasteiger partial charge >= 0.3 is 0 Å². The monoisotopic (exact) mass is 319 g/mol. The van der Waals surface area contributed by atoms with Crippen LogP contribution >= 0.6 is 23.2 Å². The van der Waals surface area contributed by atoms with Crippen LogP contribution in [0.25, 0.3) is 0 Å². The van der Waals surface area contributed by atoms with Crippen molar-refractivity contribution >= 4 is 23.2 Å². The summed E-state index contributed by atoms with van der Waals surface area (Å²) in [6.07, 6.45) is 0.422. The van der Waals surface area contributed by atoms with E-state index in [4.69, 9.17) is 32.7 Å². The molecule has 0 amide bonds. The van der Waals surface area contributed by atoms with Gasteiger partial charge in [0.15, 0.2) is 6.29 Å².